The van der Waals surface area contributed by atoms with Gasteiger partial charge in [0.25, 0.3) is 0 Å². The zero-order chi connectivity index (χ0) is 20.1. The topological polar surface area (TPSA) is 88.2 Å². The first-order valence-corrected chi connectivity index (χ1v) is 11.3. The van der Waals surface area contributed by atoms with Gasteiger partial charge in [0.15, 0.2) is 11.5 Å². The number of nitrogens with one attached hydrogen (secondary N) is 1. The lowest BCUT2D eigenvalue weighted by Gasteiger charge is -2.33. The predicted molar refractivity (Wildman–Crippen MR) is 105 cm³/mol. The van der Waals surface area contributed by atoms with Gasteiger partial charge in [0.1, 0.15) is 13.2 Å². The maximum absolute atomic E-state index is 13.0. The second-order valence-electron chi connectivity index (χ2n) is 7.24. The number of benzene rings is 1. The summed E-state index contributed by atoms with van der Waals surface area (Å²) in [7, 11) is -3.60. The number of fused-ring (bicyclic) bond motifs is 1. The van der Waals surface area contributed by atoms with Gasteiger partial charge in [-0.1, -0.05) is 13.3 Å². The summed E-state index contributed by atoms with van der Waals surface area (Å²) in [6.07, 6.45) is 1.98. The molecule has 0 unspecified atom stereocenters. The molecule has 3 rings (SSSR count). The van der Waals surface area contributed by atoms with E-state index in [2.05, 4.69) is 12.2 Å². The highest BCUT2D eigenvalue weighted by atomic mass is 32.2. The lowest BCUT2D eigenvalue weighted by atomic mass is 10.2. The first-order chi connectivity index (χ1) is 13.4. The second kappa shape index (κ2) is 9.11. The molecule has 1 aromatic carbocycles. The molecule has 1 fully saturated rings. The third-order valence-electron chi connectivity index (χ3n) is 4.98. The molecule has 1 amide bonds. The van der Waals surface area contributed by atoms with Crippen LogP contribution in [0.1, 0.15) is 26.7 Å². The summed E-state index contributed by atoms with van der Waals surface area (Å²) in [6, 6.07) is 4.88. The Morgan fingerprint density at radius 1 is 1.14 bits per heavy atom. The van der Waals surface area contributed by atoms with E-state index in [1.54, 1.807) is 12.1 Å². The van der Waals surface area contributed by atoms with E-state index in [1.807, 2.05) is 11.8 Å². The molecule has 0 spiro atoms. The van der Waals surface area contributed by atoms with Gasteiger partial charge in [0, 0.05) is 38.3 Å². The van der Waals surface area contributed by atoms with Gasteiger partial charge in [-0.15, -0.1) is 0 Å². The summed E-state index contributed by atoms with van der Waals surface area (Å²) in [4.78, 5) is 14.3. The number of hydrogen-bond acceptors (Lipinski definition) is 6. The molecular weight excluding hydrogens is 382 g/mol. The Balaban J connectivity index is 1.56. The van der Waals surface area contributed by atoms with Crippen molar-refractivity contribution >= 4 is 15.9 Å². The molecule has 0 bridgehead atoms. The van der Waals surface area contributed by atoms with Crippen LogP contribution in [0.4, 0.5) is 0 Å². The standard InChI is InChI=1S/C19H29N3O5S/c1-3-4-15(2)20-19(23)14-21-7-9-22(10-8-21)28(24,25)16-5-6-17-18(13-16)27-12-11-26-17/h5-6,13,15H,3-4,7-12,14H2,1-2H3,(H,20,23)/t15-/m0/s1. The lowest BCUT2D eigenvalue weighted by Crippen LogP contribution is -2.51. The van der Waals surface area contributed by atoms with E-state index < -0.39 is 10.0 Å². The normalized spacial score (nSPS) is 19.2. The van der Waals surface area contributed by atoms with E-state index in [0.29, 0.717) is 57.4 Å². The van der Waals surface area contributed by atoms with E-state index in [9.17, 15) is 13.2 Å². The molecule has 2 aliphatic heterocycles. The van der Waals surface area contributed by atoms with Crippen molar-refractivity contribution in [1.82, 2.24) is 14.5 Å². The van der Waals surface area contributed by atoms with Gasteiger partial charge in [-0.05, 0) is 25.5 Å². The highest BCUT2D eigenvalue weighted by Gasteiger charge is 2.30. The summed E-state index contributed by atoms with van der Waals surface area (Å²) in [6.45, 7) is 7.02. The molecule has 0 aliphatic carbocycles. The minimum Gasteiger partial charge on any atom is -0.486 e. The van der Waals surface area contributed by atoms with E-state index in [-0.39, 0.29) is 16.8 Å². The lowest BCUT2D eigenvalue weighted by molar-refractivity contribution is -0.123. The first kappa shape index (κ1) is 20.9. The Kier molecular flexibility index (Phi) is 6.79. The SMILES string of the molecule is CCC[C@H](C)NC(=O)CN1CCN(S(=O)(=O)c2ccc3c(c2)OCCO3)CC1. The largest absolute Gasteiger partial charge is 0.486 e. The van der Waals surface area contributed by atoms with Crippen molar-refractivity contribution in [3.63, 3.8) is 0 Å². The van der Waals surface area contributed by atoms with Crippen LogP contribution >= 0.6 is 0 Å². The first-order valence-electron chi connectivity index (χ1n) is 9.81. The van der Waals surface area contributed by atoms with Crippen molar-refractivity contribution in [2.24, 2.45) is 0 Å². The highest BCUT2D eigenvalue weighted by molar-refractivity contribution is 7.89. The van der Waals surface area contributed by atoms with Crippen LogP contribution in [0.25, 0.3) is 0 Å². The molecule has 0 aromatic heterocycles. The van der Waals surface area contributed by atoms with E-state index in [4.69, 9.17) is 9.47 Å². The van der Waals surface area contributed by atoms with E-state index in [0.717, 1.165) is 12.8 Å². The average Bonchev–Trinajstić information content (AvgIpc) is 2.68. The summed E-state index contributed by atoms with van der Waals surface area (Å²) in [5.41, 5.74) is 0. The molecule has 0 radical (unpaired) electrons. The molecule has 2 aliphatic rings. The zero-order valence-corrected chi connectivity index (χ0v) is 17.3. The number of hydrogen-bond donors (Lipinski definition) is 1. The number of carbonyl (C=O) groups is 1. The van der Waals surface area contributed by atoms with Gasteiger partial charge in [-0.3, -0.25) is 9.69 Å². The van der Waals surface area contributed by atoms with Crippen LogP contribution in [0.5, 0.6) is 11.5 Å². The number of sulfonamides is 1. The fraction of sp³-hybridized carbons (Fsp3) is 0.632. The zero-order valence-electron chi connectivity index (χ0n) is 16.5. The van der Waals surface area contributed by atoms with Crippen LogP contribution < -0.4 is 14.8 Å². The monoisotopic (exact) mass is 411 g/mol. The van der Waals surface area contributed by atoms with Gasteiger partial charge >= 0.3 is 0 Å². The molecule has 1 aromatic rings. The summed E-state index contributed by atoms with van der Waals surface area (Å²) >= 11 is 0. The number of rotatable bonds is 7. The van der Waals surface area contributed by atoms with Gasteiger partial charge in [0.2, 0.25) is 15.9 Å². The Hall–Kier alpha value is -1.84. The number of amides is 1. The average molecular weight is 412 g/mol. The van der Waals surface area contributed by atoms with Crippen molar-refractivity contribution < 1.29 is 22.7 Å². The van der Waals surface area contributed by atoms with E-state index >= 15 is 0 Å². The van der Waals surface area contributed by atoms with Gasteiger partial charge in [-0.2, -0.15) is 4.31 Å². The number of nitrogens with zero attached hydrogens (tertiary/aromatic N) is 2. The van der Waals surface area contributed by atoms with Crippen molar-refractivity contribution in [1.29, 1.82) is 0 Å². The van der Waals surface area contributed by atoms with Crippen LogP contribution in [0.3, 0.4) is 0 Å². The molecule has 0 saturated carbocycles. The van der Waals surface area contributed by atoms with Crippen LogP contribution in [0.15, 0.2) is 23.1 Å². The molecule has 2 heterocycles. The number of piperazine rings is 1. The Bertz CT molecular complexity index is 791. The second-order valence-corrected chi connectivity index (χ2v) is 9.18. The molecule has 156 valence electrons. The molecule has 8 nitrogen and oxygen atoms in total. The van der Waals surface area contributed by atoms with Crippen LogP contribution in [0, 0.1) is 0 Å². The minimum atomic E-state index is -3.60. The smallest absolute Gasteiger partial charge is 0.243 e. The Labute approximate surface area is 166 Å². The van der Waals surface area contributed by atoms with Gasteiger partial charge in [0.05, 0.1) is 11.4 Å². The summed E-state index contributed by atoms with van der Waals surface area (Å²) < 4.78 is 38.3. The molecular formula is C19H29N3O5S. The van der Waals surface area contributed by atoms with Crippen molar-refractivity contribution in [2.75, 3.05) is 45.9 Å². The molecule has 1 saturated heterocycles. The van der Waals surface area contributed by atoms with Gasteiger partial charge < -0.3 is 14.8 Å². The third-order valence-corrected chi connectivity index (χ3v) is 6.87. The predicted octanol–water partition coefficient (Wildman–Crippen LogP) is 1.07. The fourth-order valence-corrected chi connectivity index (χ4v) is 4.93. The van der Waals surface area contributed by atoms with Gasteiger partial charge in [-0.25, -0.2) is 8.42 Å². The molecule has 1 N–H and O–H groups in total. The fourth-order valence-electron chi connectivity index (χ4n) is 3.49. The number of ether oxygens (including phenoxy) is 2. The Morgan fingerprint density at radius 2 is 1.82 bits per heavy atom. The quantitative estimate of drug-likeness (QED) is 0.722. The molecule has 1 atom stereocenters. The summed E-state index contributed by atoms with van der Waals surface area (Å²) in [5.74, 6) is 1.02. The third kappa shape index (κ3) is 4.95. The van der Waals surface area contributed by atoms with Crippen LogP contribution in [-0.2, 0) is 14.8 Å². The van der Waals surface area contributed by atoms with Crippen molar-refractivity contribution in [3.05, 3.63) is 18.2 Å². The Morgan fingerprint density at radius 3 is 2.50 bits per heavy atom. The van der Waals surface area contributed by atoms with Crippen molar-refractivity contribution in [2.45, 2.75) is 37.6 Å². The molecule has 9 heteroatoms. The van der Waals surface area contributed by atoms with Crippen LogP contribution in [-0.4, -0.2) is 75.5 Å². The van der Waals surface area contributed by atoms with E-state index in [1.165, 1.54) is 10.4 Å². The molecule has 28 heavy (non-hydrogen) atoms. The maximum atomic E-state index is 13.0. The van der Waals surface area contributed by atoms with Crippen molar-refractivity contribution in [3.8, 4) is 11.5 Å². The maximum Gasteiger partial charge on any atom is 0.243 e. The highest BCUT2D eigenvalue weighted by Crippen LogP contribution is 2.33. The van der Waals surface area contributed by atoms with Crippen LogP contribution in [0.2, 0.25) is 0 Å². The summed E-state index contributed by atoms with van der Waals surface area (Å²) in [5, 5.41) is 2.99. The minimum absolute atomic E-state index is 0.0101. The number of carbonyl (C=O) groups excluding carboxylic acids is 1.